The molecule has 0 bridgehead atoms. The van der Waals surface area contributed by atoms with Crippen LogP contribution in [0.5, 0.6) is 0 Å². The summed E-state index contributed by atoms with van der Waals surface area (Å²) in [6.07, 6.45) is 2.99. The van der Waals surface area contributed by atoms with E-state index in [1.54, 1.807) is 11.8 Å². The molecule has 1 aromatic heterocycles. The van der Waals surface area contributed by atoms with Crippen LogP contribution in [0.4, 0.5) is 0 Å². The zero-order valence-electron chi connectivity index (χ0n) is 8.16. The Morgan fingerprint density at radius 3 is 3.00 bits per heavy atom. The van der Waals surface area contributed by atoms with Gasteiger partial charge in [-0.3, -0.25) is 0 Å². The fourth-order valence-corrected chi connectivity index (χ4v) is 2.02. The van der Waals surface area contributed by atoms with Crippen LogP contribution in [0.25, 0.3) is 0 Å². The minimum atomic E-state index is 0.0769. The lowest BCUT2D eigenvalue weighted by Crippen LogP contribution is -2.07. The highest BCUT2D eigenvalue weighted by molar-refractivity contribution is 7.99. The third-order valence-corrected chi connectivity index (χ3v) is 2.96. The standard InChI is InChI=1S/C10H16N2S/c1-3-7-13-10-9(8(2)11)5-4-6-12-10/h4-6,8H,3,7,11H2,1-2H3/t8-/m0/s1. The number of hydrogen-bond donors (Lipinski definition) is 1. The van der Waals surface area contributed by atoms with Gasteiger partial charge in [-0.15, -0.1) is 11.8 Å². The van der Waals surface area contributed by atoms with Gasteiger partial charge in [0.05, 0.1) is 0 Å². The van der Waals surface area contributed by atoms with E-state index in [1.807, 2.05) is 19.2 Å². The Kier molecular flexibility index (Phi) is 4.25. The van der Waals surface area contributed by atoms with Gasteiger partial charge in [-0.25, -0.2) is 4.98 Å². The van der Waals surface area contributed by atoms with Gasteiger partial charge in [-0.2, -0.15) is 0 Å². The molecule has 1 rings (SSSR count). The van der Waals surface area contributed by atoms with Crippen LogP contribution in [0.1, 0.15) is 31.9 Å². The summed E-state index contributed by atoms with van der Waals surface area (Å²) in [7, 11) is 0. The van der Waals surface area contributed by atoms with Crippen LogP contribution in [0.15, 0.2) is 23.4 Å². The number of aromatic nitrogens is 1. The molecule has 0 unspecified atom stereocenters. The zero-order valence-corrected chi connectivity index (χ0v) is 8.97. The predicted octanol–water partition coefficient (Wildman–Crippen LogP) is 2.60. The van der Waals surface area contributed by atoms with Crippen LogP contribution >= 0.6 is 11.8 Å². The molecule has 3 heteroatoms. The molecule has 0 radical (unpaired) electrons. The first-order valence-electron chi connectivity index (χ1n) is 4.59. The monoisotopic (exact) mass is 196 g/mol. The molecule has 0 amide bonds. The quantitative estimate of drug-likeness (QED) is 0.752. The highest BCUT2D eigenvalue weighted by Crippen LogP contribution is 2.24. The van der Waals surface area contributed by atoms with E-state index in [2.05, 4.69) is 18.0 Å². The highest BCUT2D eigenvalue weighted by atomic mass is 32.2. The minimum absolute atomic E-state index is 0.0769. The molecular formula is C10H16N2S. The number of pyridine rings is 1. The second-order valence-electron chi connectivity index (χ2n) is 3.03. The maximum Gasteiger partial charge on any atom is 0.101 e. The third-order valence-electron chi connectivity index (χ3n) is 1.73. The molecule has 1 heterocycles. The molecule has 0 fully saturated rings. The van der Waals surface area contributed by atoms with Crippen molar-refractivity contribution in [3.8, 4) is 0 Å². The number of rotatable bonds is 4. The predicted molar refractivity (Wildman–Crippen MR) is 57.9 cm³/mol. The van der Waals surface area contributed by atoms with Crippen LogP contribution in [0.2, 0.25) is 0 Å². The number of thioether (sulfide) groups is 1. The lowest BCUT2D eigenvalue weighted by Gasteiger charge is -2.09. The second kappa shape index (κ2) is 5.25. The maximum atomic E-state index is 5.83. The molecule has 0 saturated carbocycles. The van der Waals surface area contributed by atoms with Crippen LogP contribution in [-0.4, -0.2) is 10.7 Å². The summed E-state index contributed by atoms with van der Waals surface area (Å²) in [5, 5.41) is 1.08. The van der Waals surface area contributed by atoms with Crippen molar-refractivity contribution >= 4 is 11.8 Å². The van der Waals surface area contributed by atoms with Gasteiger partial charge in [-0.05, 0) is 25.2 Å². The van der Waals surface area contributed by atoms with Gasteiger partial charge >= 0.3 is 0 Å². The van der Waals surface area contributed by atoms with E-state index in [-0.39, 0.29) is 6.04 Å². The number of nitrogens with two attached hydrogens (primary N) is 1. The largest absolute Gasteiger partial charge is 0.324 e. The molecule has 0 spiro atoms. The van der Waals surface area contributed by atoms with Crippen LogP contribution in [0.3, 0.4) is 0 Å². The van der Waals surface area contributed by atoms with Crippen molar-refractivity contribution in [3.63, 3.8) is 0 Å². The average molecular weight is 196 g/mol. The van der Waals surface area contributed by atoms with Gasteiger partial charge in [-0.1, -0.05) is 13.0 Å². The van der Waals surface area contributed by atoms with Crippen molar-refractivity contribution in [3.05, 3.63) is 23.9 Å². The van der Waals surface area contributed by atoms with Crippen molar-refractivity contribution in [2.24, 2.45) is 5.73 Å². The summed E-state index contributed by atoms with van der Waals surface area (Å²) in [6.45, 7) is 4.16. The first-order valence-corrected chi connectivity index (χ1v) is 5.57. The van der Waals surface area contributed by atoms with Gasteiger partial charge in [0.1, 0.15) is 5.03 Å². The van der Waals surface area contributed by atoms with Crippen molar-refractivity contribution in [2.45, 2.75) is 31.3 Å². The van der Waals surface area contributed by atoms with Gasteiger partial charge in [0, 0.05) is 17.8 Å². The second-order valence-corrected chi connectivity index (χ2v) is 4.12. The molecule has 1 aromatic rings. The van der Waals surface area contributed by atoms with Crippen molar-refractivity contribution in [1.82, 2.24) is 4.98 Å². The fourth-order valence-electron chi connectivity index (χ4n) is 1.07. The van der Waals surface area contributed by atoms with Gasteiger partial charge < -0.3 is 5.73 Å². The molecule has 0 aromatic carbocycles. The lowest BCUT2D eigenvalue weighted by molar-refractivity contribution is 0.779. The Hall–Kier alpha value is -0.540. The first kappa shape index (κ1) is 10.5. The topological polar surface area (TPSA) is 38.9 Å². The van der Waals surface area contributed by atoms with Gasteiger partial charge in [0.2, 0.25) is 0 Å². The van der Waals surface area contributed by atoms with Gasteiger partial charge in [0.25, 0.3) is 0 Å². The van der Waals surface area contributed by atoms with E-state index in [0.29, 0.717) is 0 Å². The molecule has 0 aliphatic heterocycles. The summed E-state index contributed by atoms with van der Waals surface area (Å²) in [5.41, 5.74) is 6.99. The van der Waals surface area contributed by atoms with E-state index in [0.717, 1.165) is 16.3 Å². The van der Waals surface area contributed by atoms with E-state index in [1.165, 1.54) is 6.42 Å². The molecule has 0 aliphatic rings. The number of hydrogen-bond acceptors (Lipinski definition) is 3. The molecular weight excluding hydrogens is 180 g/mol. The van der Waals surface area contributed by atoms with Crippen molar-refractivity contribution < 1.29 is 0 Å². The van der Waals surface area contributed by atoms with Crippen LogP contribution in [0, 0.1) is 0 Å². The minimum Gasteiger partial charge on any atom is -0.324 e. The van der Waals surface area contributed by atoms with Crippen molar-refractivity contribution in [1.29, 1.82) is 0 Å². The molecule has 72 valence electrons. The van der Waals surface area contributed by atoms with E-state index in [4.69, 9.17) is 5.73 Å². The Labute approximate surface area is 83.9 Å². The summed E-state index contributed by atoms with van der Waals surface area (Å²) >= 11 is 1.78. The Bertz CT molecular complexity index is 261. The normalized spacial score (nSPS) is 12.8. The van der Waals surface area contributed by atoms with Crippen LogP contribution in [-0.2, 0) is 0 Å². The molecule has 0 aliphatic carbocycles. The Balaban J connectivity index is 2.78. The molecule has 2 N–H and O–H groups in total. The van der Waals surface area contributed by atoms with Crippen molar-refractivity contribution in [2.75, 3.05) is 5.75 Å². The van der Waals surface area contributed by atoms with Crippen LogP contribution < -0.4 is 5.73 Å². The fraction of sp³-hybridized carbons (Fsp3) is 0.500. The Morgan fingerprint density at radius 1 is 1.62 bits per heavy atom. The summed E-state index contributed by atoms with van der Waals surface area (Å²) < 4.78 is 0. The maximum absolute atomic E-state index is 5.83. The molecule has 13 heavy (non-hydrogen) atoms. The summed E-state index contributed by atoms with van der Waals surface area (Å²) in [6, 6.07) is 4.07. The van der Waals surface area contributed by atoms with Gasteiger partial charge in [0.15, 0.2) is 0 Å². The number of nitrogens with zero attached hydrogens (tertiary/aromatic N) is 1. The summed E-state index contributed by atoms with van der Waals surface area (Å²) in [5.74, 6) is 1.11. The summed E-state index contributed by atoms with van der Waals surface area (Å²) in [4.78, 5) is 4.32. The smallest absolute Gasteiger partial charge is 0.101 e. The first-order chi connectivity index (χ1) is 6.25. The lowest BCUT2D eigenvalue weighted by atomic mass is 10.2. The molecule has 0 saturated heterocycles. The molecule has 1 atom stereocenters. The Morgan fingerprint density at radius 2 is 2.38 bits per heavy atom. The van der Waals surface area contributed by atoms with E-state index in [9.17, 15) is 0 Å². The van der Waals surface area contributed by atoms with E-state index >= 15 is 0 Å². The SMILES string of the molecule is CCCSc1ncccc1[C@H](C)N. The molecule has 2 nitrogen and oxygen atoms in total. The highest BCUT2D eigenvalue weighted by Gasteiger charge is 2.06. The third kappa shape index (κ3) is 3.01. The average Bonchev–Trinajstić information content (AvgIpc) is 2.15. The zero-order chi connectivity index (χ0) is 9.68. The van der Waals surface area contributed by atoms with E-state index < -0.39 is 0 Å².